The van der Waals surface area contributed by atoms with Crippen molar-refractivity contribution < 1.29 is 4.79 Å². The SMILES string of the molecule is CCCN1CC(NC2CCN(Cc3cccnc3)CC2)CC1=O. The Morgan fingerprint density at radius 1 is 1.30 bits per heavy atom. The molecule has 1 aromatic rings. The molecule has 5 nitrogen and oxygen atoms in total. The van der Waals surface area contributed by atoms with Crippen LogP contribution in [-0.2, 0) is 11.3 Å². The number of carbonyl (C=O) groups is 1. The topological polar surface area (TPSA) is 48.5 Å². The van der Waals surface area contributed by atoms with Crippen LogP contribution in [0.3, 0.4) is 0 Å². The summed E-state index contributed by atoms with van der Waals surface area (Å²) in [6.45, 7) is 7.15. The van der Waals surface area contributed by atoms with Crippen LogP contribution >= 0.6 is 0 Å². The first-order valence-corrected chi connectivity index (χ1v) is 8.89. The predicted octanol–water partition coefficient (Wildman–Crippen LogP) is 1.65. The minimum atomic E-state index is 0.318. The molecule has 5 heteroatoms. The first-order valence-electron chi connectivity index (χ1n) is 8.89. The Kier molecular flexibility index (Phi) is 5.62. The number of hydrogen-bond donors (Lipinski definition) is 1. The lowest BCUT2D eigenvalue weighted by Gasteiger charge is -2.33. The molecule has 0 saturated carbocycles. The summed E-state index contributed by atoms with van der Waals surface area (Å²) in [6.07, 6.45) is 7.83. The van der Waals surface area contributed by atoms with E-state index in [1.807, 2.05) is 23.4 Å². The molecule has 1 aromatic heterocycles. The Morgan fingerprint density at radius 2 is 2.13 bits per heavy atom. The molecule has 0 spiro atoms. The molecular formula is C18H28N4O. The van der Waals surface area contributed by atoms with Gasteiger partial charge in [0.1, 0.15) is 0 Å². The monoisotopic (exact) mass is 316 g/mol. The van der Waals surface area contributed by atoms with Crippen LogP contribution in [0.1, 0.15) is 38.2 Å². The smallest absolute Gasteiger partial charge is 0.224 e. The number of nitrogens with zero attached hydrogens (tertiary/aromatic N) is 3. The van der Waals surface area contributed by atoms with Crippen LogP contribution in [-0.4, -0.2) is 59.0 Å². The van der Waals surface area contributed by atoms with Gasteiger partial charge in [-0.15, -0.1) is 0 Å². The zero-order valence-corrected chi connectivity index (χ0v) is 14.1. The molecule has 1 amide bonds. The third-order valence-corrected chi connectivity index (χ3v) is 4.90. The maximum absolute atomic E-state index is 11.9. The molecule has 1 unspecified atom stereocenters. The summed E-state index contributed by atoms with van der Waals surface area (Å²) in [4.78, 5) is 20.6. The molecule has 0 aromatic carbocycles. The van der Waals surface area contributed by atoms with E-state index < -0.39 is 0 Å². The minimum Gasteiger partial charge on any atom is -0.341 e. The van der Waals surface area contributed by atoms with E-state index in [0.29, 0.717) is 24.4 Å². The van der Waals surface area contributed by atoms with Gasteiger partial charge in [0.05, 0.1) is 0 Å². The summed E-state index contributed by atoms with van der Waals surface area (Å²) in [5.41, 5.74) is 1.29. The second kappa shape index (κ2) is 7.88. The van der Waals surface area contributed by atoms with Gasteiger partial charge in [0.2, 0.25) is 5.91 Å². The number of pyridine rings is 1. The van der Waals surface area contributed by atoms with Crippen molar-refractivity contribution in [3.8, 4) is 0 Å². The highest BCUT2D eigenvalue weighted by atomic mass is 16.2. The number of hydrogen-bond acceptors (Lipinski definition) is 4. The number of likely N-dealkylation sites (tertiary alicyclic amines) is 2. The molecule has 1 atom stereocenters. The maximum atomic E-state index is 11.9. The fraction of sp³-hybridized carbons (Fsp3) is 0.667. The quantitative estimate of drug-likeness (QED) is 0.867. The van der Waals surface area contributed by atoms with Gasteiger partial charge in [-0.1, -0.05) is 13.0 Å². The van der Waals surface area contributed by atoms with E-state index in [0.717, 1.165) is 39.1 Å². The standard InChI is InChI=1S/C18H28N4O/c1-2-8-22-14-17(11-18(22)23)20-16-5-9-21(10-6-16)13-15-4-3-7-19-12-15/h3-4,7,12,16-17,20H,2,5-6,8-11,13-14H2,1H3. The fourth-order valence-electron chi connectivity index (χ4n) is 3.71. The Balaban J connectivity index is 1.40. The molecule has 3 heterocycles. The lowest BCUT2D eigenvalue weighted by molar-refractivity contribution is -0.127. The van der Waals surface area contributed by atoms with Crippen molar-refractivity contribution in [3.05, 3.63) is 30.1 Å². The molecule has 2 saturated heterocycles. The van der Waals surface area contributed by atoms with Gasteiger partial charge in [-0.2, -0.15) is 0 Å². The van der Waals surface area contributed by atoms with Gasteiger partial charge in [-0.3, -0.25) is 14.7 Å². The molecule has 2 fully saturated rings. The summed E-state index contributed by atoms with van der Waals surface area (Å²) in [5, 5.41) is 3.72. The number of nitrogens with one attached hydrogen (secondary N) is 1. The summed E-state index contributed by atoms with van der Waals surface area (Å²) in [7, 11) is 0. The fourth-order valence-corrected chi connectivity index (χ4v) is 3.71. The number of carbonyl (C=O) groups excluding carboxylic acids is 1. The summed E-state index contributed by atoms with van der Waals surface area (Å²) in [6, 6.07) is 5.05. The van der Waals surface area contributed by atoms with Gasteiger partial charge < -0.3 is 10.2 Å². The average Bonchev–Trinajstić information content (AvgIpc) is 2.90. The highest BCUT2D eigenvalue weighted by Gasteiger charge is 2.31. The highest BCUT2D eigenvalue weighted by molar-refractivity contribution is 5.79. The molecular weight excluding hydrogens is 288 g/mol. The molecule has 2 aliphatic rings. The van der Waals surface area contributed by atoms with Crippen LogP contribution in [0.25, 0.3) is 0 Å². The van der Waals surface area contributed by atoms with Crippen LogP contribution in [0.5, 0.6) is 0 Å². The van der Waals surface area contributed by atoms with Gasteiger partial charge in [0.25, 0.3) is 0 Å². The van der Waals surface area contributed by atoms with Gasteiger partial charge >= 0.3 is 0 Å². The van der Waals surface area contributed by atoms with Crippen LogP contribution in [0.15, 0.2) is 24.5 Å². The zero-order chi connectivity index (χ0) is 16.1. The van der Waals surface area contributed by atoms with Crippen molar-refractivity contribution in [3.63, 3.8) is 0 Å². The predicted molar refractivity (Wildman–Crippen MR) is 90.9 cm³/mol. The van der Waals surface area contributed by atoms with Gasteiger partial charge in [-0.25, -0.2) is 0 Å². The van der Waals surface area contributed by atoms with Crippen molar-refractivity contribution in [1.29, 1.82) is 0 Å². The second-order valence-electron chi connectivity index (χ2n) is 6.82. The minimum absolute atomic E-state index is 0.318. The van der Waals surface area contributed by atoms with E-state index in [-0.39, 0.29) is 0 Å². The van der Waals surface area contributed by atoms with E-state index >= 15 is 0 Å². The van der Waals surface area contributed by atoms with Crippen molar-refractivity contribution in [1.82, 2.24) is 20.1 Å². The molecule has 2 aliphatic heterocycles. The van der Waals surface area contributed by atoms with Crippen LogP contribution < -0.4 is 5.32 Å². The van der Waals surface area contributed by atoms with Crippen molar-refractivity contribution in [2.45, 2.75) is 51.2 Å². The Morgan fingerprint density at radius 3 is 2.83 bits per heavy atom. The molecule has 0 radical (unpaired) electrons. The molecule has 23 heavy (non-hydrogen) atoms. The molecule has 0 bridgehead atoms. The third kappa shape index (κ3) is 4.52. The highest BCUT2D eigenvalue weighted by Crippen LogP contribution is 2.17. The second-order valence-corrected chi connectivity index (χ2v) is 6.82. The third-order valence-electron chi connectivity index (χ3n) is 4.90. The number of rotatable bonds is 6. The van der Waals surface area contributed by atoms with Crippen LogP contribution in [0.4, 0.5) is 0 Å². The molecule has 126 valence electrons. The maximum Gasteiger partial charge on any atom is 0.224 e. The van der Waals surface area contributed by atoms with Crippen molar-refractivity contribution in [2.24, 2.45) is 0 Å². The molecule has 3 rings (SSSR count). The average molecular weight is 316 g/mol. The largest absolute Gasteiger partial charge is 0.341 e. The van der Waals surface area contributed by atoms with Gasteiger partial charge in [0.15, 0.2) is 0 Å². The number of piperidine rings is 1. The number of amides is 1. The normalized spacial score (nSPS) is 23.6. The van der Waals surface area contributed by atoms with E-state index in [1.165, 1.54) is 18.4 Å². The van der Waals surface area contributed by atoms with Crippen molar-refractivity contribution >= 4 is 5.91 Å². The summed E-state index contributed by atoms with van der Waals surface area (Å²) in [5.74, 6) is 0.318. The van der Waals surface area contributed by atoms with E-state index in [1.54, 1.807) is 0 Å². The lowest BCUT2D eigenvalue weighted by Crippen LogP contribution is -2.46. The van der Waals surface area contributed by atoms with E-state index in [9.17, 15) is 4.79 Å². The van der Waals surface area contributed by atoms with Gasteiger partial charge in [0, 0.05) is 50.5 Å². The van der Waals surface area contributed by atoms with Crippen molar-refractivity contribution in [2.75, 3.05) is 26.2 Å². The Labute approximate surface area is 139 Å². The Hall–Kier alpha value is -1.46. The summed E-state index contributed by atoms with van der Waals surface area (Å²) >= 11 is 0. The van der Waals surface area contributed by atoms with Gasteiger partial charge in [-0.05, 0) is 44.0 Å². The Bertz CT molecular complexity index is 499. The van der Waals surface area contributed by atoms with E-state index in [4.69, 9.17) is 0 Å². The van der Waals surface area contributed by atoms with E-state index in [2.05, 4.69) is 28.2 Å². The van der Waals surface area contributed by atoms with Crippen LogP contribution in [0, 0.1) is 0 Å². The summed E-state index contributed by atoms with van der Waals surface area (Å²) < 4.78 is 0. The zero-order valence-electron chi connectivity index (χ0n) is 14.1. The lowest BCUT2D eigenvalue weighted by atomic mass is 10.0. The molecule has 1 N–H and O–H groups in total. The molecule has 0 aliphatic carbocycles. The first kappa shape index (κ1) is 16.4. The first-order chi connectivity index (χ1) is 11.2. The van der Waals surface area contributed by atoms with Crippen LogP contribution in [0.2, 0.25) is 0 Å². The number of aromatic nitrogens is 1.